The van der Waals surface area contributed by atoms with Crippen LogP contribution in [0.1, 0.15) is 31.4 Å². The van der Waals surface area contributed by atoms with Gasteiger partial charge in [0.1, 0.15) is 12.4 Å². The van der Waals surface area contributed by atoms with Crippen molar-refractivity contribution in [2.24, 2.45) is 0 Å². The largest absolute Gasteiger partial charge is 0.489 e. The molecule has 1 heterocycles. The van der Waals surface area contributed by atoms with Gasteiger partial charge in [0.2, 0.25) is 0 Å². The minimum absolute atomic E-state index is 0.121. The Balaban J connectivity index is 1.64. The van der Waals surface area contributed by atoms with E-state index in [0.717, 1.165) is 5.75 Å². The number of ether oxygens (including phenoxy) is 1. The van der Waals surface area contributed by atoms with Gasteiger partial charge in [-0.1, -0.05) is 42.5 Å². The smallest absolute Gasteiger partial charge is 0.119 e. The molecule has 0 radical (unpaired) electrons. The van der Waals surface area contributed by atoms with Crippen LogP contribution < -0.4 is 4.74 Å². The summed E-state index contributed by atoms with van der Waals surface area (Å²) in [5.41, 5.74) is 2.67. The van der Waals surface area contributed by atoms with E-state index in [1.54, 1.807) is 0 Å². The van der Waals surface area contributed by atoms with Crippen LogP contribution in [0.15, 0.2) is 54.6 Å². The molecule has 2 aromatic rings. The zero-order valence-corrected chi connectivity index (χ0v) is 12.9. The standard InChI is InChI=1S/C19H23NO/c1-19(2,20-13-6-14-20)17-9-11-18(12-10-17)21-15-16-7-4-3-5-8-16/h3-5,7-12H,6,13-15H2,1-2H3. The Kier molecular flexibility index (Phi) is 3.98. The highest BCUT2D eigenvalue weighted by Crippen LogP contribution is 2.32. The molecule has 0 unspecified atom stereocenters. The molecule has 0 saturated carbocycles. The summed E-state index contributed by atoms with van der Waals surface area (Å²) in [6.45, 7) is 7.63. The van der Waals surface area contributed by atoms with Crippen molar-refractivity contribution < 1.29 is 4.74 Å². The molecule has 1 aliphatic rings. The molecule has 0 bridgehead atoms. The van der Waals surface area contributed by atoms with Gasteiger partial charge in [0.15, 0.2) is 0 Å². The van der Waals surface area contributed by atoms with Gasteiger partial charge in [-0.2, -0.15) is 0 Å². The Hall–Kier alpha value is -1.80. The highest BCUT2D eigenvalue weighted by molar-refractivity contribution is 5.32. The maximum absolute atomic E-state index is 5.85. The molecule has 2 aromatic carbocycles. The second-order valence-electron chi connectivity index (χ2n) is 6.20. The maximum Gasteiger partial charge on any atom is 0.119 e. The van der Waals surface area contributed by atoms with Gasteiger partial charge in [0.05, 0.1) is 0 Å². The van der Waals surface area contributed by atoms with Crippen molar-refractivity contribution in [1.29, 1.82) is 0 Å². The Bertz CT molecular complexity index is 570. The Morgan fingerprint density at radius 3 is 2.19 bits per heavy atom. The molecule has 0 atom stereocenters. The zero-order valence-electron chi connectivity index (χ0n) is 12.9. The van der Waals surface area contributed by atoms with Crippen LogP contribution in [0.2, 0.25) is 0 Å². The third-order valence-electron chi connectivity index (χ3n) is 4.46. The van der Waals surface area contributed by atoms with Crippen LogP contribution in [0.5, 0.6) is 5.75 Å². The summed E-state index contributed by atoms with van der Waals surface area (Å²) in [7, 11) is 0. The lowest BCUT2D eigenvalue weighted by molar-refractivity contribution is 0.0532. The van der Waals surface area contributed by atoms with Gasteiger partial charge in [-0.3, -0.25) is 4.90 Å². The minimum Gasteiger partial charge on any atom is -0.489 e. The summed E-state index contributed by atoms with van der Waals surface area (Å²) in [6.07, 6.45) is 1.32. The van der Waals surface area contributed by atoms with E-state index in [9.17, 15) is 0 Å². The second kappa shape index (κ2) is 5.90. The quantitative estimate of drug-likeness (QED) is 0.814. The topological polar surface area (TPSA) is 12.5 Å². The first-order chi connectivity index (χ1) is 10.2. The third-order valence-corrected chi connectivity index (χ3v) is 4.46. The van der Waals surface area contributed by atoms with E-state index < -0.39 is 0 Å². The van der Waals surface area contributed by atoms with Crippen molar-refractivity contribution in [3.05, 3.63) is 65.7 Å². The number of hydrogen-bond donors (Lipinski definition) is 0. The fourth-order valence-corrected chi connectivity index (χ4v) is 2.76. The summed E-state index contributed by atoms with van der Waals surface area (Å²) in [5, 5.41) is 0. The monoisotopic (exact) mass is 281 g/mol. The molecule has 1 fully saturated rings. The predicted octanol–water partition coefficient (Wildman–Crippen LogP) is 4.21. The summed E-state index contributed by atoms with van der Waals surface area (Å²) in [5.74, 6) is 0.932. The first kappa shape index (κ1) is 14.2. The molecule has 2 heteroatoms. The van der Waals surface area contributed by atoms with Crippen molar-refractivity contribution in [1.82, 2.24) is 4.90 Å². The molecule has 0 aliphatic carbocycles. The molecule has 1 aliphatic heterocycles. The molecule has 2 nitrogen and oxygen atoms in total. The van der Waals surface area contributed by atoms with Crippen LogP contribution in [0, 0.1) is 0 Å². The van der Waals surface area contributed by atoms with Gasteiger partial charge in [-0.15, -0.1) is 0 Å². The van der Waals surface area contributed by atoms with E-state index in [2.05, 4.69) is 55.1 Å². The summed E-state index contributed by atoms with van der Waals surface area (Å²) in [4.78, 5) is 2.52. The summed E-state index contributed by atoms with van der Waals surface area (Å²) in [6, 6.07) is 18.8. The van der Waals surface area contributed by atoms with E-state index in [1.807, 2.05) is 18.2 Å². The van der Waals surface area contributed by atoms with Gasteiger partial charge < -0.3 is 4.74 Å². The molecule has 110 valence electrons. The maximum atomic E-state index is 5.85. The van der Waals surface area contributed by atoms with E-state index in [1.165, 1.54) is 30.6 Å². The normalized spacial score (nSPS) is 15.5. The number of likely N-dealkylation sites (tertiary alicyclic amines) is 1. The fraction of sp³-hybridized carbons (Fsp3) is 0.368. The summed E-state index contributed by atoms with van der Waals surface area (Å²) >= 11 is 0. The molecule has 1 saturated heterocycles. The zero-order chi connectivity index (χ0) is 14.7. The highest BCUT2D eigenvalue weighted by Gasteiger charge is 2.32. The van der Waals surface area contributed by atoms with Crippen molar-refractivity contribution >= 4 is 0 Å². The summed E-state index contributed by atoms with van der Waals surface area (Å²) < 4.78 is 5.85. The van der Waals surface area contributed by atoms with Crippen LogP contribution in [-0.2, 0) is 12.1 Å². The lowest BCUT2D eigenvalue weighted by Gasteiger charge is -2.45. The highest BCUT2D eigenvalue weighted by atomic mass is 16.5. The first-order valence-corrected chi connectivity index (χ1v) is 7.68. The van der Waals surface area contributed by atoms with Crippen molar-refractivity contribution in [3.63, 3.8) is 0 Å². The number of benzene rings is 2. The molecule has 0 N–H and O–H groups in total. The van der Waals surface area contributed by atoms with Crippen LogP contribution in [0.4, 0.5) is 0 Å². The lowest BCUT2D eigenvalue weighted by Crippen LogP contribution is -2.49. The molecule has 0 aromatic heterocycles. The third kappa shape index (κ3) is 3.11. The van der Waals surface area contributed by atoms with Crippen LogP contribution in [0.3, 0.4) is 0 Å². The van der Waals surface area contributed by atoms with Gasteiger partial charge in [0.25, 0.3) is 0 Å². The molecule has 3 rings (SSSR count). The van der Waals surface area contributed by atoms with Gasteiger partial charge >= 0.3 is 0 Å². The van der Waals surface area contributed by atoms with E-state index >= 15 is 0 Å². The molecule has 0 spiro atoms. The van der Waals surface area contributed by atoms with Gasteiger partial charge in [0, 0.05) is 18.6 Å². The predicted molar refractivity (Wildman–Crippen MR) is 86.4 cm³/mol. The lowest BCUT2D eigenvalue weighted by atomic mass is 9.89. The number of nitrogens with zero attached hydrogens (tertiary/aromatic N) is 1. The van der Waals surface area contributed by atoms with Crippen molar-refractivity contribution in [2.75, 3.05) is 13.1 Å². The van der Waals surface area contributed by atoms with Crippen molar-refractivity contribution in [2.45, 2.75) is 32.4 Å². The van der Waals surface area contributed by atoms with Crippen LogP contribution >= 0.6 is 0 Å². The van der Waals surface area contributed by atoms with Gasteiger partial charge in [-0.25, -0.2) is 0 Å². The second-order valence-corrected chi connectivity index (χ2v) is 6.20. The Morgan fingerprint density at radius 1 is 0.952 bits per heavy atom. The SMILES string of the molecule is CC(C)(c1ccc(OCc2ccccc2)cc1)N1CCC1. The van der Waals surface area contributed by atoms with Crippen LogP contribution in [0.25, 0.3) is 0 Å². The van der Waals surface area contributed by atoms with Crippen molar-refractivity contribution in [3.8, 4) is 5.75 Å². The average molecular weight is 281 g/mol. The van der Waals surface area contributed by atoms with E-state index in [0.29, 0.717) is 6.61 Å². The number of rotatable bonds is 5. The fourth-order valence-electron chi connectivity index (χ4n) is 2.76. The molecule has 0 amide bonds. The first-order valence-electron chi connectivity index (χ1n) is 7.68. The minimum atomic E-state index is 0.121. The molecular formula is C19H23NO. The van der Waals surface area contributed by atoms with E-state index in [4.69, 9.17) is 4.74 Å². The Morgan fingerprint density at radius 2 is 1.62 bits per heavy atom. The number of hydrogen-bond acceptors (Lipinski definition) is 2. The average Bonchev–Trinajstić information content (AvgIpc) is 2.44. The van der Waals surface area contributed by atoms with E-state index in [-0.39, 0.29) is 5.54 Å². The molecule has 21 heavy (non-hydrogen) atoms. The van der Waals surface area contributed by atoms with Gasteiger partial charge in [-0.05, 0) is 43.5 Å². The Labute approximate surface area is 127 Å². The van der Waals surface area contributed by atoms with Crippen LogP contribution in [-0.4, -0.2) is 18.0 Å². The molecular weight excluding hydrogens is 258 g/mol.